The van der Waals surface area contributed by atoms with E-state index in [-0.39, 0.29) is 11.2 Å². The molecule has 6 heteroatoms. The van der Waals surface area contributed by atoms with E-state index in [4.69, 9.17) is 4.42 Å². The number of rotatable bonds is 5. The van der Waals surface area contributed by atoms with Gasteiger partial charge >= 0.3 is 0 Å². The lowest BCUT2D eigenvalue weighted by Crippen LogP contribution is -2.25. The average Bonchev–Trinajstić information content (AvgIpc) is 3.30. The fourth-order valence-electron chi connectivity index (χ4n) is 2.85. The third kappa shape index (κ3) is 4.40. The summed E-state index contributed by atoms with van der Waals surface area (Å²) in [4.78, 5) is 12.1. The number of amides is 1. The minimum Gasteiger partial charge on any atom is -0.455 e. The van der Waals surface area contributed by atoms with Crippen LogP contribution < -0.4 is 5.32 Å². The molecule has 1 aromatic heterocycles. The molecule has 0 radical (unpaired) electrons. The number of carbonyl (C=O) groups excluding carboxylic acids is 1. The molecule has 140 valence electrons. The third-order valence-corrected chi connectivity index (χ3v) is 5.41. The Bertz CT molecular complexity index is 1020. The predicted octanol–water partition coefficient (Wildman–Crippen LogP) is 4.42. The van der Waals surface area contributed by atoms with Gasteiger partial charge in [-0.05, 0) is 31.0 Å². The zero-order valence-corrected chi connectivity index (χ0v) is 16.1. The number of hydrogen-bond donors (Lipinski definition) is 1. The molecule has 1 saturated heterocycles. The maximum Gasteiger partial charge on any atom is 0.239 e. The Hall–Kier alpha value is -3.12. The van der Waals surface area contributed by atoms with Gasteiger partial charge in [-0.1, -0.05) is 71.9 Å². The van der Waals surface area contributed by atoms with Crippen LogP contribution in [0.5, 0.6) is 0 Å². The Balaban J connectivity index is 1.38. The van der Waals surface area contributed by atoms with Crippen molar-refractivity contribution in [2.24, 2.45) is 10.2 Å². The Morgan fingerprint density at radius 2 is 1.86 bits per heavy atom. The first-order valence-corrected chi connectivity index (χ1v) is 9.85. The second-order valence-corrected chi connectivity index (χ2v) is 7.69. The van der Waals surface area contributed by atoms with Crippen LogP contribution in [0.2, 0.25) is 0 Å². The molecular weight excluding hydrogens is 370 g/mol. The largest absolute Gasteiger partial charge is 0.455 e. The SMILES string of the molecule is Cc1ccc(-c2ccc(/C=N/N=C3\NC(=O)[C@@H](Cc4ccccc4)S3)o2)cc1. The van der Waals surface area contributed by atoms with Crippen LogP contribution in [0.3, 0.4) is 0 Å². The van der Waals surface area contributed by atoms with Crippen molar-refractivity contribution < 1.29 is 9.21 Å². The molecule has 0 bridgehead atoms. The lowest BCUT2D eigenvalue weighted by atomic mass is 10.1. The summed E-state index contributed by atoms with van der Waals surface area (Å²) in [5.74, 6) is 1.35. The number of nitrogens with zero attached hydrogens (tertiary/aromatic N) is 2. The van der Waals surface area contributed by atoms with Gasteiger partial charge in [0, 0.05) is 5.56 Å². The van der Waals surface area contributed by atoms with Crippen LogP contribution in [0.15, 0.2) is 81.4 Å². The van der Waals surface area contributed by atoms with E-state index in [1.807, 2.05) is 73.7 Å². The molecule has 0 saturated carbocycles. The van der Waals surface area contributed by atoms with Crippen LogP contribution in [0, 0.1) is 6.92 Å². The second kappa shape index (κ2) is 8.27. The van der Waals surface area contributed by atoms with Gasteiger partial charge in [-0.25, -0.2) is 0 Å². The normalized spacial score (nSPS) is 18.1. The molecule has 2 heterocycles. The van der Waals surface area contributed by atoms with E-state index in [0.29, 0.717) is 17.3 Å². The molecule has 0 unspecified atom stereocenters. The number of aryl methyl sites for hydroxylation is 1. The number of hydrogen-bond acceptors (Lipinski definition) is 5. The Kier molecular flexibility index (Phi) is 5.39. The van der Waals surface area contributed by atoms with Crippen molar-refractivity contribution in [2.75, 3.05) is 0 Å². The third-order valence-electron chi connectivity index (χ3n) is 4.34. The second-order valence-electron chi connectivity index (χ2n) is 6.50. The van der Waals surface area contributed by atoms with Crippen LogP contribution in [0.4, 0.5) is 0 Å². The molecule has 0 aliphatic carbocycles. The van der Waals surface area contributed by atoms with Crippen molar-refractivity contribution in [3.63, 3.8) is 0 Å². The molecule has 1 amide bonds. The summed E-state index contributed by atoms with van der Waals surface area (Å²) in [7, 11) is 0. The molecule has 1 aliphatic rings. The van der Waals surface area contributed by atoms with Crippen molar-refractivity contribution in [1.82, 2.24) is 5.32 Å². The van der Waals surface area contributed by atoms with Crippen LogP contribution >= 0.6 is 11.8 Å². The number of thioether (sulfide) groups is 1. The fraction of sp³-hybridized carbons (Fsp3) is 0.136. The fourth-order valence-corrected chi connectivity index (χ4v) is 3.81. The summed E-state index contributed by atoms with van der Waals surface area (Å²) in [6.07, 6.45) is 2.21. The highest BCUT2D eigenvalue weighted by Crippen LogP contribution is 2.24. The van der Waals surface area contributed by atoms with Crippen LogP contribution in [-0.4, -0.2) is 22.5 Å². The van der Waals surface area contributed by atoms with E-state index >= 15 is 0 Å². The van der Waals surface area contributed by atoms with Gasteiger partial charge in [0.05, 0.1) is 11.5 Å². The summed E-state index contributed by atoms with van der Waals surface area (Å²) in [6, 6.07) is 21.8. The quantitative estimate of drug-likeness (QED) is 0.519. The molecule has 1 N–H and O–H groups in total. The Labute approximate surface area is 167 Å². The van der Waals surface area contributed by atoms with E-state index in [1.54, 1.807) is 6.21 Å². The van der Waals surface area contributed by atoms with E-state index in [0.717, 1.165) is 16.9 Å². The smallest absolute Gasteiger partial charge is 0.239 e. The van der Waals surface area contributed by atoms with Gasteiger partial charge in [0.25, 0.3) is 0 Å². The predicted molar refractivity (Wildman–Crippen MR) is 114 cm³/mol. The van der Waals surface area contributed by atoms with E-state index in [1.165, 1.54) is 17.3 Å². The van der Waals surface area contributed by atoms with Crippen LogP contribution in [0.25, 0.3) is 11.3 Å². The van der Waals surface area contributed by atoms with E-state index in [2.05, 4.69) is 15.5 Å². The van der Waals surface area contributed by atoms with Crippen molar-refractivity contribution in [3.05, 3.63) is 83.6 Å². The maximum atomic E-state index is 12.1. The number of carbonyl (C=O) groups is 1. The van der Waals surface area contributed by atoms with E-state index in [9.17, 15) is 4.79 Å². The van der Waals surface area contributed by atoms with Crippen molar-refractivity contribution in [2.45, 2.75) is 18.6 Å². The first-order chi connectivity index (χ1) is 13.7. The number of benzene rings is 2. The van der Waals surface area contributed by atoms with Crippen LogP contribution in [-0.2, 0) is 11.2 Å². The molecule has 0 spiro atoms. The van der Waals surface area contributed by atoms with Crippen molar-refractivity contribution in [3.8, 4) is 11.3 Å². The highest BCUT2D eigenvalue weighted by Gasteiger charge is 2.30. The topological polar surface area (TPSA) is 67.0 Å². The first-order valence-electron chi connectivity index (χ1n) is 8.97. The lowest BCUT2D eigenvalue weighted by molar-refractivity contribution is -0.118. The maximum absolute atomic E-state index is 12.1. The van der Waals surface area contributed by atoms with Gasteiger partial charge in [0.1, 0.15) is 11.5 Å². The van der Waals surface area contributed by atoms with Crippen molar-refractivity contribution in [1.29, 1.82) is 0 Å². The van der Waals surface area contributed by atoms with Gasteiger partial charge in [-0.2, -0.15) is 5.10 Å². The summed E-state index contributed by atoms with van der Waals surface area (Å²) in [5.41, 5.74) is 3.34. The van der Waals surface area contributed by atoms with Crippen LogP contribution in [0.1, 0.15) is 16.9 Å². The van der Waals surface area contributed by atoms with Gasteiger partial charge < -0.3 is 9.73 Å². The number of nitrogens with one attached hydrogen (secondary N) is 1. The highest BCUT2D eigenvalue weighted by molar-refractivity contribution is 8.15. The standard InChI is InChI=1S/C22H19N3O2S/c1-15-7-9-17(10-8-15)19-12-11-18(27-19)14-23-25-22-24-21(26)20(28-22)13-16-5-3-2-4-6-16/h2-12,14,20H,13H2,1H3,(H,24,25,26)/b23-14+/t20-/m1/s1. The average molecular weight is 389 g/mol. The summed E-state index contributed by atoms with van der Waals surface area (Å²) >= 11 is 1.40. The molecule has 3 aromatic rings. The molecule has 1 atom stereocenters. The molecule has 1 fully saturated rings. The minimum atomic E-state index is -0.187. The zero-order chi connectivity index (χ0) is 19.3. The lowest BCUT2D eigenvalue weighted by Gasteiger charge is -2.04. The summed E-state index contributed by atoms with van der Waals surface area (Å²) in [6.45, 7) is 2.05. The molecule has 2 aromatic carbocycles. The molecule has 4 rings (SSSR count). The molecule has 1 aliphatic heterocycles. The Morgan fingerprint density at radius 1 is 1.07 bits per heavy atom. The summed E-state index contributed by atoms with van der Waals surface area (Å²) < 4.78 is 5.78. The summed E-state index contributed by atoms with van der Waals surface area (Å²) in [5, 5.41) is 11.3. The van der Waals surface area contributed by atoms with Crippen molar-refractivity contribution >= 4 is 29.1 Å². The number of amidine groups is 1. The molecular formula is C22H19N3O2S. The minimum absolute atomic E-state index is 0.0394. The van der Waals surface area contributed by atoms with Gasteiger partial charge in [-0.15, -0.1) is 5.10 Å². The van der Waals surface area contributed by atoms with E-state index < -0.39 is 0 Å². The zero-order valence-electron chi connectivity index (χ0n) is 15.3. The highest BCUT2D eigenvalue weighted by atomic mass is 32.2. The van der Waals surface area contributed by atoms with Gasteiger partial charge in [-0.3, -0.25) is 4.79 Å². The first kappa shape index (κ1) is 18.3. The van der Waals surface area contributed by atoms with Gasteiger partial charge in [0.2, 0.25) is 5.91 Å². The monoisotopic (exact) mass is 389 g/mol. The molecule has 28 heavy (non-hydrogen) atoms. The number of furan rings is 1. The molecule has 5 nitrogen and oxygen atoms in total. The Morgan fingerprint density at radius 3 is 2.64 bits per heavy atom. The van der Waals surface area contributed by atoms with Gasteiger partial charge in [0.15, 0.2) is 5.17 Å².